The van der Waals surface area contributed by atoms with Crippen LogP contribution in [0.1, 0.15) is 10.5 Å². The van der Waals surface area contributed by atoms with E-state index in [0.29, 0.717) is 22.3 Å². The maximum atomic E-state index is 12.3. The van der Waals surface area contributed by atoms with Crippen LogP contribution in [0.25, 0.3) is 22.0 Å². The zero-order valence-electron chi connectivity index (χ0n) is 14.0. The van der Waals surface area contributed by atoms with Crippen molar-refractivity contribution >= 4 is 72.7 Å². The lowest BCUT2D eigenvalue weighted by Gasteiger charge is -2.10. The first kappa shape index (κ1) is 21.1. The number of amides is 1. The van der Waals surface area contributed by atoms with Crippen LogP contribution in [0.4, 0.5) is 19.0 Å². The van der Waals surface area contributed by atoms with E-state index in [4.69, 9.17) is 17.3 Å². The van der Waals surface area contributed by atoms with E-state index in [1.165, 1.54) is 12.3 Å². The highest BCUT2D eigenvalue weighted by atomic mass is 127. The predicted octanol–water partition coefficient (Wildman–Crippen LogP) is 4.53. The Morgan fingerprint density at radius 1 is 1.39 bits per heavy atom. The van der Waals surface area contributed by atoms with Gasteiger partial charge in [-0.15, -0.1) is 0 Å². The third kappa shape index (κ3) is 3.92. The lowest BCUT2D eigenvalue weighted by atomic mass is 10.1. The van der Waals surface area contributed by atoms with Gasteiger partial charge in [-0.1, -0.05) is 11.6 Å². The van der Waals surface area contributed by atoms with Crippen molar-refractivity contribution in [2.45, 2.75) is 6.18 Å². The number of aryl methyl sites for hydroxylation is 1. The van der Waals surface area contributed by atoms with E-state index < -0.39 is 18.6 Å². The molecule has 0 aromatic carbocycles. The Labute approximate surface area is 183 Å². The maximum absolute atomic E-state index is 12.3. The van der Waals surface area contributed by atoms with E-state index in [0.717, 1.165) is 13.7 Å². The van der Waals surface area contributed by atoms with Gasteiger partial charge < -0.3 is 15.6 Å². The molecule has 0 bridgehead atoms. The largest absolute Gasteiger partial charge is 0.405 e. The average molecular weight is 589 g/mol. The summed E-state index contributed by atoms with van der Waals surface area (Å²) < 4.78 is 40.3. The number of nitrogens with one attached hydrogen (secondary N) is 1. The monoisotopic (exact) mass is 587 g/mol. The molecule has 3 N–H and O–H groups in total. The Kier molecular flexibility index (Phi) is 5.79. The van der Waals surface area contributed by atoms with Gasteiger partial charge in [0.1, 0.15) is 18.1 Å². The standard InChI is InChI=1S/C16H11BrClF3IN5O/c1-27-12-7(17)4-25-14(23)10(12)9(13(27)22)6-2-8(18)11(24-3-6)15(28)26-5-16(19,20)21/h2-4H,5H2,1H3,(H2,23,25)(H,26,28). The summed E-state index contributed by atoms with van der Waals surface area (Å²) in [7, 11) is 1.85. The van der Waals surface area contributed by atoms with Gasteiger partial charge >= 0.3 is 6.18 Å². The summed E-state index contributed by atoms with van der Waals surface area (Å²) in [6, 6.07) is 1.47. The number of pyridine rings is 2. The first-order chi connectivity index (χ1) is 13.0. The number of nitrogens with zero attached hydrogens (tertiary/aromatic N) is 3. The van der Waals surface area contributed by atoms with Crippen molar-refractivity contribution in [3.05, 3.63) is 37.3 Å². The molecule has 3 aromatic rings. The number of hydrogen-bond acceptors (Lipinski definition) is 4. The van der Waals surface area contributed by atoms with Gasteiger partial charge in [0.25, 0.3) is 5.91 Å². The minimum Gasteiger partial charge on any atom is -0.383 e. The van der Waals surface area contributed by atoms with Crippen molar-refractivity contribution in [3.8, 4) is 11.1 Å². The highest BCUT2D eigenvalue weighted by Crippen LogP contribution is 2.40. The number of nitrogen functional groups attached to an aromatic ring is 1. The van der Waals surface area contributed by atoms with Crippen molar-refractivity contribution in [2.75, 3.05) is 12.3 Å². The number of alkyl halides is 3. The van der Waals surface area contributed by atoms with Crippen LogP contribution < -0.4 is 11.1 Å². The van der Waals surface area contributed by atoms with E-state index in [-0.39, 0.29) is 10.7 Å². The second-order valence-electron chi connectivity index (χ2n) is 5.79. The highest BCUT2D eigenvalue weighted by Gasteiger charge is 2.29. The van der Waals surface area contributed by atoms with Crippen LogP contribution in [0.15, 0.2) is 22.9 Å². The van der Waals surface area contributed by atoms with Gasteiger partial charge in [-0.3, -0.25) is 4.79 Å². The first-order valence-electron chi connectivity index (χ1n) is 7.60. The number of rotatable bonds is 3. The maximum Gasteiger partial charge on any atom is 0.405 e. The Balaban J connectivity index is 2.07. The van der Waals surface area contributed by atoms with E-state index in [1.807, 2.05) is 11.6 Å². The number of halogens is 6. The van der Waals surface area contributed by atoms with Crippen LogP contribution in [0.2, 0.25) is 5.02 Å². The normalized spacial score (nSPS) is 11.8. The predicted molar refractivity (Wildman–Crippen MR) is 112 cm³/mol. The summed E-state index contributed by atoms with van der Waals surface area (Å²) in [5.74, 6) is -0.708. The van der Waals surface area contributed by atoms with Crippen LogP contribution in [0.5, 0.6) is 0 Å². The van der Waals surface area contributed by atoms with Gasteiger partial charge in [0.05, 0.1) is 24.1 Å². The highest BCUT2D eigenvalue weighted by molar-refractivity contribution is 14.1. The molecular weight excluding hydrogens is 577 g/mol. The second kappa shape index (κ2) is 7.67. The topological polar surface area (TPSA) is 85.8 Å². The molecule has 0 aliphatic carbocycles. The summed E-state index contributed by atoms with van der Waals surface area (Å²) >= 11 is 11.7. The van der Waals surface area contributed by atoms with Crippen molar-refractivity contribution in [3.63, 3.8) is 0 Å². The fraction of sp³-hybridized carbons (Fsp3) is 0.188. The molecule has 6 nitrogen and oxygen atoms in total. The third-order valence-electron chi connectivity index (χ3n) is 3.92. The van der Waals surface area contributed by atoms with Gasteiger partial charge in [0, 0.05) is 30.6 Å². The second-order valence-corrected chi connectivity index (χ2v) is 8.08. The van der Waals surface area contributed by atoms with E-state index in [1.54, 1.807) is 11.5 Å². The first-order valence-corrected chi connectivity index (χ1v) is 9.85. The van der Waals surface area contributed by atoms with E-state index in [9.17, 15) is 18.0 Å². The minimum atomic E-state index is -4.53. The number of carbonyl (C=O) groups excluding carboxylic acids is 1. The molecule has 0 unspecified atom stereocenters. The molecule has 3 heterocycles. The summed E-state index contributed by atoms with van der Waals surface area (Å²) in [6.07, 6.45) is -1.57. The zero-order chi connectivity index (χ0) is 20.8. The van der Waals surface area contributed by atoms with Gasteiger partial charge in [0.2, 0.25) is 0 Å². The zero-order valence-corrected chi connectivity index (χ0v) is 18.5. The van der Waals surface area contributed by atoms with Gasteiger partial charge in [-0.05, 0) is 44.6 Å². The number of carbonyl (C=O) groups is 1. The summed E-state index contributed by atoms with van der Waals surface area (Å²) in [5.41, 5.74) is 7.85. The fourth-order valence-corrected chi connectivity index (χ4v) is 4.35. The van der Waals surface area contributed by atoms with Crippen LogP contribution in [-0.2, 0) is 7.05 Å². The molecule has 0 saturated carbocycles. The number of fused-ring (bicyclic) bond motifs is 1. The van der Waals surface area contributed by atoms with Gasteiger partial charge in [-0.2, -0.15) is 13.2 Å². The number of nitrogens with two attached hydrogens (primary N) is 1. The molecule has 148 valence electrons. The lowest BCUT2D eigenvalue weighted by Crippen LogP contribution is -2.34. The SMILES string of the molecule is Cn1c(I)c(-c2cnc(C(=O)NCC(F)(F)F)c(Cl)c2)c2c(N)ncc(Br)c21. The Morgan fingerprint density at radius 3 is 2.68 bits per heavy atom. The van der Waals surface area contributed by atoms with Crippen LogP contribution in [0, 0.1) is 3.70 Å². The van der Waals surface area contributed by atoms with Crippen molar-refractivity contribution in [1.29, 1.82) is 0 Å². The molecule has 0 fully saturated rings. The average Bonchev–Trinajstić information content (AvgIpc) is 2.88. The number of anilines is 1. The molecule has 1 amide bonds. The molecule has 12 heteroatoms. The molecule has 3 rings (SSSR count). The van der Waals surface area contributed by atoms with Crippen molar-refractivity contribution in [2.24, 2.45) is 7.05 Å². The minimum absolute atomic E-state index is 0.0773. The van der Waals surface area contributed by atoms with Gasteiger partial charge in [0.15, 0.2) is 0 Å². The molecule has 3 aromatic heterocycles. The van der Waals surface area contributed by atoms with E-state index >= 15 is 0 Å². The molecule has 0 aliphatic rings. The summed E-state index contributed by atoms with van der Waals surface area (Å²) in [4.78, 5) is 20.1. The van der Waals surface area contributed by atoms with Crippen LogP contribution >= 0.6 is 50.1 Å². The molecule has 0 aliphatic heterocycles. The fourth-order valence-electron chi connectivity index (χ4n) is 2.71. The quantitative estimate of drug-likeness (QED) is 0.441. The molecule has 0 spiro atoms. The molecule has 0 atom stereocenters. The molecule has 28 heavy (non-hydrogen) atoms. The molecule has 0 radical (unpaired) electrons. The van der Waals surface area contributed by atoms with Crippen molar-refractivity contribution in [1.82, 2.24) is 19.9 Å². The smallest absolute Gasteiger partial charge is 0.383 e. The van der Waals surface area contributed by atoms with Crippen LogP contribution in [-0.4, -0.2) is 33.2 Å². The number of aromatic nitrogens is 3. The Bertz CT molecular complexity index is 1100. The number of hydrogen-bond donors (Lipinski definition) is 2. The lowest BCUT2D eigenvalue weighted by molar-refractivity contribution is -0.123. The third-order valence-corrected chi connectivity index (χ3v) is 6.05. The summed E-state index contributed by atoms with van der Waals surface area (Å²) in [6.45, 7) is -1.47. The Morgan fingerprint density at radius 2 is 2.07 bits per heavy atom. The van der Waals surface area contributed by atoms with Crippen molar-refractivity contribution < 1.29 is 18.0 Å². The Hall–Kier alpha value is -1.60. The molecule has 0 saturated heterocycles. The van der Waals surface area contributed by atoms with E-state index in [2.05, 4.69) is 48.5 Å². The van der Waals surface area contributed by atoms with Gasteiger partial charge in [-0.25, -0.2) is 9.97 Å². The summed E-state index contributed by atoms with van der Waals surface area (Å²) in [5, 5.41) is 2.35. The van der Waals surface area contributed by atoms with Crippen LogP contribution in [0.3, 0.4) is 0 Å². The molecular formula is C16H11BrClF3IN5O.